The highest BCUT2D eigenvalue weighted by molar-refractivity contribution is 9.08. The highest BCUT2D eigenvalue weighted by atomic mass is 79.9. The number of methoxy groups -OCH3 is 1. The average molecular weight is 265 g/mol. The van der Waals surface area contributed by atoms with Gasteiger partial charge < -0.3 is 4.74 Å². The van der Waals surface area contributed by atoms with Crippen LogP contribution in [0.25, 0.3) is 0 Å². The minimum Gasteiger partial charge on any atom is -0.465 e. The molecule has 1 aromatic heterocycles. The first-order valence-corrected chi connectivity index (χ1v) is 5.99. The molecule has 0 saturated carbocycles. The van der Waals surface area contributed by atoms with Crippen molar-refractivity contribution >= 4 is 33.2 Å². The second-order valence-corrected chi connectivity index (χ2v) is 3.42. The zero-order valence-corrected chi connectivity index (χ0v) is 10.4. The zero-order chi connectivity index (χ0) is 10.3. The van der Waals surface area contributed by atoms with Crippen LogP contribution in [0, 0.1) is 0 Å². The van der Waals surface area contributed by atoms with Gasteiger partial charge in [-0.05, 0) is 17.0 Å². The number of carbonyl (C=O) groups is 1. The minimum absolute atomic E-state index is 0.262. The maximum absolute atomic E-state index is 10.9. The van der Waals surface area contributed by atoms with E-state index >= 15 is 0 Å². The Morgan fingerprint density at radius 2 is 2.23 bits per heavy atom. The monoisotopic (exact) mass is 264 g/mol. The summed E-state index contributed by atoms with van der Waals surface area (Å²) in [7, 11) is 1.38. The molecule has 0 bridgehead atoms. The molecule has 0 radical (unpaired) electrons. The fourth-order valence-electron chi connectivity index (χ4n) is 0.653. The van der Waals surface area contributed by atoms with Gasteiger partial charge in [-0.2, -0.15) is 0 Å². The summed E-state index contributed by atoms with van der Waals surface area (Å²) in [4.78, 5) is 11.6. The Morgan fingerprint density at radius 3 is 2.62 bits per heavy atom. The van der Waals surface area contributed by atoms with Crippen LogP contribution in [0.2, 0.25) is 0 Å². The number of carbonyl (C=O) groups excluding carboxylic acids is 1. The predicted molar refractivity (Wildman–Crippen MR) is 59.6 cm³/mol. The highest BCUT2D eigenvalue weighted by Crippen LogP contribution is 2.17. The second-order valence-electron chi connectivity index (χ2n) is 1.94. The SMILES string of the molecule is CC.COC(=O)c1cc(CBr)cs1. The van der Waals surface area contributed by atoms with Crippen LogP contribution in [0.3, 0.4) is 0 Å². The van der Waals surface area contributed by atoms with E-state index in [1.807, 2.05) is 25.3 Å². The summed E-state index contributed by atoms with van der Waals surface area (Å²) in [5.74, 6) is -0.262. The second kappa shape index (κ2) is 7.09. The molecule has 0 saturated heterocycles. The third-order valence-electron chi connectivity index (χ3n) is 1.19. The largest absolute Gasteiger partial charge is 0.465 e. The Kier molecular flexibility index (Phi) is 6.90. The van der Waals surface area contributed by atoms with E-state index < -0.39 is 0 Å². The molecule has 1 rings (SSSR count). The van der Waals surface area contributed by atoms with Crippen molar-refractivity contribution in [1.29, 1.82) is 0 Å². The lowest BCUT2D eigenvalue weighted by Crippen LogP contribution is -1.96. The summed E-state index contributed by atoms with van der Waals surface area (Å²) in [5.41, 5.74) is 1.11. The van der Waals surface area contributed by atoms with E-state index in [1.54, 1.807) is 0 Å². The number of esters is 1. The molecule has 4 heteroatoms. The van der Waals surface area contributed by atoms with E-state index in [2.05, 4.69) is 20.7 Å². The topological polar surface area (TPSA) is 26.3 Å². The van der Waals surface area contributed by atoms with E-state index in [-0.39, 0.29) is 5.97 Å². The van der Waals surface area contributed by atoms with Gasteiger partial charge in [0.1, 0.15) is 4.88 Å². The molecular formula is C9H13BrO2S. The lowest BCUT2D eigenvalue weighted by Gasteiger charge is -1.91. The Bertz CT molecular complexity index is 258. The van der Waals surface area contributed by atoms with Crippen molar-refractivity contribution in [2.24, 2.45) is 0 Å². The van der Waals surface area contributed by atoms with E-state index in [9.17, 15) is 4.79 Å². The zero-order valence-electron chi connectivity index (χ0n) is 7.96. The first-order chi connectivity index (χ1) is 6.27. The van der Waals surface area contributed by atoms with Gasteiger partial charge in [0.2, 0.25) is 0 Å². The molecule has 0 aliphatic carbocycles. The van der Waals surface area contributed by atoms with Gasteiger partial charge >= 0.3 is 5.97 Å². The van der Waals surface area contributed by atoms with E-state index in [0.717, 1.165) is 10.9 Å². The van der Waals surface area contributed by atoms with Crippen molar-refractivity contribution < 1.29 is 9.53 Å². The standard InChI is InChI=1S/C7H7BrO2S.C2H6/c1-10-7(9)6-2-5(3-8)4-11-6;1-2/h2,4H,3H2,1H3;1-2H3. The molecule has 0 amide bonds. The van der Waals surface area contributed by atoms with Gasteiger partial charge in [-0.3, -0.25) is 0 Å². The maximum atomic E-state index is 10.9. The van der Waals surface area contributed by atoms with Crippen molar-refractivity contribution in [1.82, 2.24) is 0 Å². The fourth-order valence-corrected chi connectivity index (χ4v) is 2.02. The van der Waals surface area contributed by atoms with E-state index in [4.69, 9.17) is 0 Å². The van der Waals surface area contributed by atoms with Crippen molar-refractivity contribution in [2.75, 3.05) is 7.11 Å². The molecule has 0 N–H and O–H groups in total. The Balaban J connectivity index is 0.000000671. The molecular weight excluding hydrogens is 252 g/mol. The van der Waals surface area contributed by atoms with Gasteiger partial charge in [0.25, 0.3) is 0 Å². The Labute approximate surface area is 91.0 Å². The van der Waals surface area contributed by atoms with Crippen LogP contribution in [-0.2, 0) is 10.1 Å². The molecule has 13 heavy (non-hydrogen) atoms. The first-order valence-electron chi connectivity index (χ1n) is 3.99. The fraction of sp³-hybridized carbons (Fsp3) is 0.444. The third kappa shape index (κ3) is 3.91. The van der Waals surface area contributed by atoms with Gasteiger partial charge in [0, 0.05) is 5.33 Å². The van der Waals surface area contributed by atoms with Crippen LogP contribution >= 0.6 is 27.3 Å². The Hall–Kier alpha value is -0.350. The molecule has 0 aliphatic heterocycles. The van der Waals surface area contributed by atoms with Gasteiger partial charge in [0.15, 0.2) is 0 Å². The molecule has 74 valence electrons. The predicted octanol–water partition coefficient (Wildman–Crippen LogP) is 3.46. The number of halogens is 1. The molecule has 1 heterocycles. The molecule has 2 nitrogen and oxygen atoms in total. The number of thiophene rings is 1. The molecule has 0 spiro atoms. The van der Waals surface area contributed by atoms with Crippen LogP contribution in [0.5, 0.6) is 0 Å². The number of hydrogen-bond donors (Lipinski definition) is 0. The summed E-state index contributed by atoms with van der Waals surface area (Å²) in [6, 6.07) is 1.82. The van der Waals surface area contributed by atoms with Gasteiger partial charge in [-0.25, -0.2) is 4.79 Å². The smallest absolute Gasteiger partial charge is 0.348 e. The van der Waals surface area contributed by atoms with E-state index in [0.29, 0.717) is 4.88 Å². The van der Waals surface area contributed by atoms with Crippen molar-refractivity contribution in [3.63, 3.8) is 0 Å². The number of hydrogen-bond acceptors (Lipinski definition) is 3. The average Bonchev–Trinajstić information content (AvgIpc) is 2.68. The van der Waals surface area contributed by atoms with Crippen molar-refractivity contribution in [3.05, 3.63) is 21.9 Å². The normalized spacial score (nSPS) is 8.62. The first kappa shape index (κ1) is 12.7. The van der Waals surface area contributed by atoms with Crippen LogP contribution in [-0.4, -0.2) is 13.1 Å². The number of rotatable bonds is 2. The molecule has 0 atom stereocenters. The number of alkyl halides is 1. The van der Waals surface area contributed by atoms with Crippen LogP contribution in [0.4, 0.5) is 0 Å². The molecule has 1 aromatic rings. The minimum atomic E-state index is -0.262. The Morgan fingerprint density at radius 1 is 1.62 bits per heavy atom. The van der Waals surface area contributed by atoms with Crippen molar-refractivity contribution in [2.45, 2.75) is 19.2 Å². The third-order valence-corrected chi connectivity index (χ3v) is 2.80. The molecule has 0 unspecified atom stereocenters. The quantitative estimate of drug-likeness (QED) is 0.604. The van der Waals surface area contributed by atoms with Crippen molar-refractivity contribution in [3.8, 4) is 0 Å². The summed E-state index contributed by atoms with van der Waals surface area (Å²) < 4.78 is 4.55. The number of ether oxygens (including phenoxy) is 1. The van der Waals surface area contributed by atoms with Gasteiger partial charge in [-0.15, -0.1) is 11.3 Å². The molecule has 0 aliphatic rings. The maximum Gasteiger partial charge on any atom is 0.348 e. The summed E-state index contributed by atoms with van der Waals surface area (Å²) in [5, 5.41) is 2.71. The van der Waals surface area contributed by atoms with Gasteiger partial charge in [-0.1, -0.05) is 29.8 Å². The van der Waals surface area contributed by atoms with Crippen LogP contribution in [0.1, 0.15) is 29.1 Å². The molecule has 0 fully saturated rings. The van der Waals surface area contributed by atoms with Crippen LogP contribution in [0.15, 0.2) is 11.4 Å². The van der Waals surface area contributed by atoms with E-state index in [1.165, 1.54) is 18.4 Å². The lowest BCUT2D eigenvalue weighted by molar-refractivity contribution is 0.0606. The van der Waals surface area contributed by atoms with Crippen LogP contribution < -0.4 is 0 Å². The summed E-state index contributed by atoms with van der Waals surface area (Å²) in [6.45, 7) is 4.00. The highest BCUT2D eigenvalue weighted by Gasteiger charge is 2.07. The van der Waals surface area contributed by atoms with Gasteiger partial charge in [0.05, 0.1) is 7.11 Å². The lowest BCUT2D eigenvalue weighted by atomic mass is 10.3. The summed E-state index contributed by atoms with van der Waals surface area (Å²) >= 11 is 4.70. The molecule has 0 aromatic carbocycles. The summed E-state index contributed by atoms with van der Waals surface area (Å²) in [6.07, 6.45) is 0.